The molecule has 1 saturated heterocycles. The Balaban J connectivity index is 1.27. The summed E-state index contributed by atoms with van der Waals surface area (Å²) >= 11 is 6.33. The highest BCUT2D eigenvalue weighted by molar-refractivity contribution is 7.89. The van der Waals surface area contributed by atoms with Crippen LogP contribution in [0.15, 0.2) is 64.5 Å². The molecule has 0 radical (unpaired) electrons. The molecule has 2 heterocycles. The molecule has 0 unspecified atom stereocenters. The van der Waals surface area contributed by atoms with Crippen LogP contribution < -0.4 is 20.9 Å². The van der Waals surface area contributed by atoms with Crippen molar-refractivity contribution in [3.63, 3.8) is 0 Å². The third-order valence-corrected chi connectivity index (χ3v) is 8.26. The minimum atomic E-state index is -3.57. The molecule has 11 heteroatoms. The Labute approximate surface area is 221 Å². The number of aliphatic imine (C=N–C) groups is 1. The number of nitrogens with one attached hydrogen (secondary N) is 4. The number of sulfonamides is 1. The van der Waals surface area contributed by atoms with E-state index in [-0.39, 0.29) is 10.6 Å². The summed E-state index contributed by atoms with van der Waals surface area (Å²) in [6.45, 7) is 5.11. The molecule has 5 N–H and O–H groups in total. The van der Waals surface area contributed by atoms with Crippen molar-refractivity contribution in [2.75, 3.05) is 36.9 Å². The summed E-state index contributed by atoms with van der Waals surface area (Å²) in [6.07, 6.45) is 2.35. The van der Waals surface area contributed by atoms with Crippen LogP contribution in [0.3, 0.4) is 0 Å². The van der Waals surface area contributed by atoms with Gasteiger partial charge < -0.3 is 15.3 Å². The molecule has 5 rings (SSSR count). The van der Waals surface area contributed by atoms with E-state index in [4.69, 9.17) is 11.6 Å². The Morgan fingerprint density at radius 3 is 2.57 bits per heavy atom. The number of phenols is 1. The maximum absolute atomic E-state index is 12.6. The monoisotopic (exact) mass is 540 g/mol. The van der Waals surface area contributed by atoms with Crippen molar-refractivity contribution in [1.82, 2.24) is 15.0 Å². The SMILES string of the molecule is Cc1cc(-c2c(O)cccc2Cl)cc2c1N=C(Nc1ccc(S(=O)(=O)NCCN3CCCC3)cc1)NN2. The molecule has 37 heavy (non-hydrogen) atoms. The van der Waals surface area contributed by atoms with Gasteiger partial charge in [-0.1, -0.05) is 17.7 Å². The third kappa shape index (κ3) is 5.67. The van der Waals surface area contributed by atoms with E-state index in [2.05, 4.69) is 30.8 Å². The maximum Gasteiger partial charge on any atom is 0.240 e. The molecule has 0 aromatic heterocycles. The predicted octanol–water partition coefficient (Wildman–Crippen LogP) is 4.42. The largest absolute Gasteiger partial charge is 0.507 e. The molecule has 3 aromatic rings. The summed E-state index contributed by atoms with van der Waals surface area (Å²) < 4.78 is 28.0. The van der Waals surface area contributed by atoms with Gasteiger partial charge in [0.2, 0.25) is 16.0 Å². The number of aromatic hydroxyl groups is 1. The lowest BCUT2D eigenvalue weighted by molar-refractivity contribution is 0.344. The molecule has 194 valence electrons. The summed E-state index contributed by atoms with van der Waals surface area (Å²) in [6, 6.07) is 15.4. The molecule has 0 spiro atoms. The van der Waals surface area contributed by atoms with Crippen LogP contribution in [0.4, 0.5) is 17.1 Å². The smallest absolute Gasteiger partial charge is 0.240 e. The molecule has 3 aromatic carbocycles. The van der Waals surface area contributed by atoms with Gasteiger partial charge in [0.15, 0.2) is 0 Å². The number of hydrogen-bond acceptors (Lipinski definition) is 8. The zero-order valence-corrected chi connectivity index (χ0v) is 22.0. The van der Waals surface area contributed by atoms with Crippen molar-refractivity contribution in [1.29, 1.82) is 0 Å². The van der Waals surface area contributed by atoms with Crippen LogP contribution in [-0.4, -0.2) is 50.6 Å². The van der Waals surface area contributed by atoms with Crippen molar-refractivity contribution < 1.29 is 13.5 Å². The maximum atomic E-state index is 12.6. The lowest BCUT2D eigenvalue weighted by atomic mass is 10.00. The fourth-order valence-corrected chi connectivity index (χ4v) is 5.87. The first-order chi connectivity index (χ1) is 17.8. The first-order valence-corrected chi connectivity index (χ1v) is 14.0. The number of halogens is 1. The lowest BCUT2D eigenvalue weighted by Crippen LogP contribution is -2.37. The number of hydrogen-bond donors (Lipinski definition) is 5. The summed E-state index contributed by atoms with van der Waals surface area (Å²) in [7, 11) is -3.57. The molecule has 1 fully saturated rings. The molecular formula is C26H29ClN6O3S. The van der Waals surface area contributed by atoms with Crippen LogP contribution >= 0.6 is 11.6 Å². The molecule has 0 amide bonds. The quantitative estimate of drug-likeness (QED) is 0.301. The van der Waals surface area contributed by atoms with Crippen molar-refractivity contribution >= 4 is 44.6 Å². The van der Waals surface area contributed by atoms with Gasteiger partial charge in [0.25, 0.3) is 0 Å². The molecule has 9 nitrogen and oxygen atoms in total. The molecular weight excluding hydrogens is 512 g/mol. The highest BCUT2D eigenvalue weighted by atomic mass is 35.5. The average Bonchev–Trinajstić information content (AvgIpc) is 3.38. The number of nitrogens with zero attached hydrogens (tertiary/aromatic N) is 2. The fraction of sp³-hybridized carbons (Fsp3) is 0.269. The number of hydrazine groups is 1. The second-order valence-electron chi connectivity index (χ2n) is 9.13. The molecule has 2 aliphatic heterocycles. The summed E-state index contributed by atoms with van der Waals surface area (Å²) in [5.74, 6) is 0.567. The summed E-state index contributed by atoms with van der Waals surface area (Å²) in [5.41, 5.74) is 10.5. The van der Waals surface area contributed by atoms with E-state index in [9.17, 15) is 13.5 Å². The van der Waals surface area contributed by atoms with Gasteiger partial charge in [-0.3, -0.25) is 10.9 Å². The Morgan fingerprint density at radius 2 is 1.84 bits per heavy atom. The van der Waals surface area contributed by atoms with Crippen LogP contribution in [0.5, 0.6) is 5.75 Å². The van der Waals surface area contributed by atoms with Crippen molar-refractivity contribution in [2.45, 2.75) is 24.7 Å². The standard InChI is InChI=1S/C26H29ClN6O3S/c1-17-15-18(24-21(27)5-4-6-23(24)34)16-22-25(17)30-26(32-31-22)29-19-7-9-20(10-8-19)37(35,36)28-11-14-33-12-2-3-13-33/h4-10,15-16,28,31,34H,2-3,11-14H2,1H3,(H2,29,30,32). The van der Waals surface area contributed by atoms with Crippen LogP contribution in [0.2, 0.25) is 5.02 Å². The van der Waals surface area contributed by atoms with E-state index >= 15 is 0 Å². The highest BCUT2D eigenvalue weighted by Crippen LogP contribution is 2.41. The first-order valence-electron chi connectivity index (χ1n) is 12.1. The van der Waals surface area contributed by atoms with Gasteiger partial charge in [0.05, 0.1) is 21.3 Å². The van der Waals surface area contributed by atoms with Crippen LogP contribution in [0.25, 0.3) is 11.1 Å². The average molecular weight is 541 g/mol. The summed E-state index contributed by atoms with van der Waals surface area (Å²) in [4.78, 5) is 7.15. The molecule has 0 atom stereocenters. The third-order valence-electron chi connectivity index (χ3n) is 6.47. The van der Waals surface area contributed by atoms with E-state index in [0.717, 1.165) is 42.1 Å². The lowest BCUT2D eigenvalue weighted by Gasteiger charge is -2.23. The predicted molar refractivity (Wildman–Crippen MR) is 148 cm³/mol. The number of rotatable bonds is 7. The minimum absolute atomic E-state index is 0.105. The Hall–Kier alpha value is -3.31. The van der Waals surface area contributed by atoms with E-state index in [1.54, 1.807) is 42.5 Å². The topological polar surface area (TPSA) is 118 Å². The van der Waals surface area contributed by atoms with Crippen LogP contribution in [0, 0.1) is 6.92 Å². The van der Waals surface area contributed by atoms with E-state index in [0.29, 0.717) is 28.8 Å². The van der Waals surface area contributed by atoms with Crippen LogP contribution in [-0.2, 0) is 10.0 Å². The van der Waals surface area contributed by atoms with Crippen molar-refractivity contribution in [3.05, 3.63) is 65.2 Å². The molecule has 0 saturated carbocycles. The Kier molecular flexibility index (Phi) is 7.25. The number of benzene rings is 3. The van der Waals surface area contributed by atoms with Gasteiger partial charge in [0.1, 0.15) is 5.75 Å². The van der Waals surface area contributed by atoms with Gasteiger partial charge in [0, 0.05) is 24.3 Å². The minimum Gasteiger partial charge on any atom is -0.507 e. The summed E-state index contributed by atoms with van der Waals surface area (Å²) in [5, 5.41) is 13.9. The number of aryl methyl sites for hydroxylation is 1. The van der Waals surface area contributed by atoms with Crippen molar-refractivity contribution in [2.24, 2.45) is 4.99 Å². The normalized spacial score (nSPS) is 15.5. The van der Waals surface area contributed by atoms with Crippen molar-refractivity contribution in [3.8, 4) is 16.9 Å². The zero-order chi connectivity index (χ0) is 26.0. The number of fused-ring (bicyclic) bond motifs is 1. The van der Waals surface area contributed by atoms with Gasteiger partial charge in [-0.15, -0.1) is 0 Å². The highest BCUT2D eigenvalue weighted by Gasteiger charge is 2.19. The first kappa shape index (κ1) is 25.3. The van der Waals surface area contributed by atoms with Gasteiger partial charge in [-0.05, 0) is 92.5 Å². The van der Waals surface area contributed by atoms with Gasteiger partial charge in [-0.25, -0.2) is 18.1 Å². The molecule has 0 bridgehead atoms. The Bertz CT molecular complexity index is 1420. The number of likely N-dealkylation sites (tertiary alicyclic amines) is 1. The molecule has 2 aliphatic rings. The number of phenolic OH excluding ortho intramolecular Hbond substituents is 1. The van der Waals surface area contributed by atoms with Crippen LogP contribution in [0.1, 0.15) is 18.4 Å². The zero-order valence-electron chi connectivity index (χ0n) is 20.4. The fourth-order valence-electron chi connectivity index (χ4n) is 4.57. The second kappa shape index (κ2) is 10.6. The van der Waals surface area contributed by atoms with Gasteiger partial charge in [-0.2, -0.15) is 0 Å². The second-order valence-corrected chi connectivity index (χ2v) is 11.3. The molecule has 0 aliphatic carbocycles. The number of anilines is 2. The Morgan fingerprint density at radius 1 is 1.08 bits per heavy atom. The van der Waals surface area contributed by atoms with E-state index < -0.39 is 10.0 Å². The van der Waals surface area contributed by atoms with E-state index in [1.165, 1.54) is 12.8 Å². The number of guanidine groups is 1. The van der Waals surface area contributed by atoms with Gasteiger partial charge >= 0.3 is 0 Å². The van der Waals surface area contributed by atoms with E-state index in [1.807, 2.05) is 19.1 Å².